The summed E-state index contributed by atoms with van der Waals surface area (Å²) in [5.74, 6) is -0.972. The minimum Gasteiger partial charge on any atom is -0.376 e. The van der Waals surface area contributed by atoms with E-state index in [2.05, 4.69) is 15.5 Å². The van der Waals surface area contributed by atoms with Crippen LogP contribution in [0.15, 0.2) is 28.8 Å². The first-order chi connectivity index (χ1) is 11.4. The molecule has 1 aromatic heterocycles. The Morgan fingerprint density at radius 2 is 2.21 bits per heavy atom. The van der Waals surface area contributed by atoms with E-state index >= 15 is 0 Å². The fourth-order valence-electron chi connectivity index (χ4n) is 2.36. The predicted octanol–water partition coefficient (Wildman–Crippen LogP) is 2.66. The van der Waals surface area contributed by atoms with Crippen LogP contribution in [0.4, 0.5) is 13.2 Å². The summed E-state index contributed by atoms with van der Waals surface area (Å²) in [7, 11) is 0. The molecule has 3 rings (SSSR count). The van der Waals surface area contributed by atoms with E-state index in [1.807, 2.05) is 0 Å². The highest BCUT2D eigenvalue weighted by atomic mass is 19.4. The predicted molar refractivity (Wildman–Crippen MR) is 76.0 cm³/mol. The summed E-state index contributed by atoms with van der Waals surface area (Å²) in [6.07, 6.45) is -2.71. The van der Waals surface area contributed by atoms with Gasteiger partial charge in [0.2, 0.25) is 5.82 Å². The summed E-state index contributed by atoms with van der Waals surface area (Å²) in [4.78, 5) is 15.8. The van der Waals surface area contributed by atoms with Crippen LogP contribution in [0.1, 0.15) is 29.1 Å². The van der Waals surface area contributed by atoms with Crippen molar-refractivity contribution in [3.63, 3.8) is 0 Å². The van der Waals surface area contributed by atoms with E-state index in [9.17, 15) is 18.0 Å². The number of carbonyl (C=O) groups excluding carboxylic acids is 1. The summed E-state index contributed by atoms with van der Waals surface area (Å²) in [5.41, 5.74) is -0.707. The van der Waals surface area contributed by atoms with Gasteiger partial charge in [-0.15, -0.1) is 0 Å². The standard InChI is InChI=1S/C15H14F3N3O3/c16-15(17,18)10-4-1-3-9(7-10)12-20-14(24-21-12)13(22)19-8-11-5-2-6-23-11/h1,3-4,7,11H,2,5-6,8H2,(H,19,22). The lowest BCUT2D eigenvalue weighted by molar-refractivity contribution is -0.137. The highest BCUT2D eigenvalue weighted by Crippen LogP contribution is 2.31. The number of carbonyl (C=O) groups is 1. The second-order valence-corrected chi connectivity index (χ2v) is 5.35. The average molecular weight is 341 g/mol. The Morgan fingerprint density at radius 1 is 1.38 bits per heavy atom. The lowest BCUT2D eigenvalue weighted by atomic mass is 10.1. The van der Waals surface area contributed by atoms with Crippen LogP contribution in [-0.4, -0.2) is 35.3 Å². The maximum Gasteiger partial charge on any atom is 0.416 e. The molecule has 1 aliphatic rings. The molecule has 1 fully saturated rings. The van der Waals surface area contributed by atoms with Crippen molar-refractivity contribution in [3.05, 3.63) is 35.7 Å². The van der Waals surface area contributed by atoms with Crippen molar-refractivity contribution in [2.45, 2.75) is 25.1 Å². The van der Waals surface area contributed by atoms with E-state index in [0.29, 0.717) is 13.2 Å². The van der Waals surface area contributed by atoms with E-state index < -0.39 is 17.6 Å². The van der Waals surface area contributed by atoms with E-state index in [1.165, 1.54) is 12.1 Å². The number of nitrogens with one attached hydrogen (secondary N) is 1. The van der Waals surface area contributed by atoms with Crippen molar-refractivity contribution >= 4 is 5.91 Å². The van der Waals surface area contributed by atoms with Crippen molar-refractivity contribution in [1.82, 2.24) is 15.5 Å². The molecular formula is C15H14F3N3O3. The Morgan fingerprint density at radius 3 is 2.92 bits per heavy atom. The lowest BCUT2D eigenvalue weighted by Gasteiger charge is -2.08. The summed E-state index contributed by atoms with van der Waals surface area (Å²) < 4.78 is 48.4. The van der Waals surface area contributed by atoms with Gasteiger partial charge >= 0.3 is 18.0 Å². The Labute approximate surface area is 135 Å². The number of halogens is 3. The molecular weight excluding hydrogens is 327 g/mol. The number of alkyl halides is 3. The molecule has 128 valence electrons. The number of amides is 1. The fraction of sp³-hybridized carbons (Fsp3) is 0.400. The molecule has 24 heavy (non-hydrogen) atoms. The third kappa shape index (κ3) is 3.73. The average Bonchev–Trinajstić information content (AvgIpc) is 3.23. The molecule has 9 heteroatoms. The van der Waals surface area contributed by atoms with Crippen LogP contribution in [0, 0.1) is 0 Å². The topological polar surface area (TPSA) is 77.2 Å². The number of ether oxygens (including phenoxy) is 1. The van der Waals surface area contributed by atoms with Gasteiger partial charge in [-0.1, -0.05) is 17.3 Å². The SMILES string of the molecule is O=C(NCC1CCCO1)c1nc(-c2cccc(C(F)(F)F)c2)no1. The maximum absolute atomic E-state index is 12.7. The molecule has 1 amide bonds. The van der Waals surface area contributed by atoms with E-state index in [-0.39, 0.29) is 23.4 Å². The van der Waals surface area contributed by atoms with Gasteiger partial charge in [0.1, 0.15) is 0 Å². The summed E-state index contributed by atoms with van der Waals surface area (Å²) in [5, 5.41) is 6.17. The number of aromatic nitrogens is 2. The minimum absolute atomic E-state index is 0.0418. The van der Waals surface area contributed by atoms with E-state index in [1.54, 1.807) is 0 Å². The molecule has 1 N–H and O–H groups in total. The molecule has 2 aromatic rings. The summed E-state index contributed by atoms with van der Waals surface area (Å²) in [6, 6.07) is 4.50. The Balaban J connectivity index is 1.69. The zero-order valence-corrected chi connectivity index (χ0v) is 12.5. The maximum atomic E-state index is 12.7. The van der Waals surface area contributed by atoms with Crippen molar-refractivity contribution < 1.29 is 27.2 Å². The Kier molecular flexibility index (Phi) is 4.52. The van der Waals surface area contributed by atoms with Crippen molar-refractivity contribution in [3.8, 4) is 11.4 Å². The first kappa shape index (κ1) is 16.4. The van der Waals surface area contributed by atoms with Crippen LogP contribution >= 0.6 is 0 Å². The molecule has 2 heterocycles. The molecule has 1 unspecified atom stereocenters. The smallest absolute Gasteiger partial charge is 0.376 e. The van der Waals surface area contributed by atoms with Crippen LogP contribution in [0.5, 0.6) is 0 Å². The quantitative estimate of drug-likeness (QED) is 0.925. The first-order valence-corrected chi connectivity index (χ1v) is 7.34. The van der Waals surface area contributed by atoms with E-state index in [0.717, 1.165) is 25.0 Å². The number of hydrogen-bond acceptors (Lipinski definition) is 5. The normalized spacial score (nSPS) is 17.9. The fourth-order valence-corrected chi connectivity index (χ4v) is 2.36. The zero-order valence-electron chi connectivity index (χ0n) is 12.5. The van der Waals surface area contributed by atoms with Crippen molar-refractivity contribution in [2.24, 2.45) is 0 Å². The van der Waals surface area contributed by atoms with Gasteiger partial charge in [0.25, 0.3) is 0 Å². The van der Waals surface area contributed by atoms with Gasteiger partial charge in [0, 0.05) is 18.7 Å². The van der Waals surface area contributed by atoms with Crippen molar-refractivity contribution in [2.75, 3.05) is 13.2 Å². The van der Waals surface area contributed by atoms with Crippen LogP contribution in [0.25, 0.3) is 11.4 Å². The molecule has 0 aliphatic carbocycles. The third-order valence-electron chi connectivity index (χ3n) is 3.58. The molecule has 0 spiro atoms. The van der Waals surface area contributed by atoms with Gasteiger partial charge < -0.3 is 14.6 Å². The molecule has 1 aliphatic heterocycles. The summed E-state index contributed by atoms with van der Waals surface area (Å²) >= 11 is 0. The molecule has 1 atom stereocenters. The van der Waals surface area contributed by atoms with Crippen LogP contribution in [-0.2, 0) is 10.9 Å². The Bertz CT molecular complexity index is 724. The highest BCUT2D eigenvalue weighted by molar-refractivity contribution is 5.89. The number of benzene rings is 1. The van der Waals surface area contributed by atoms with Gasteiger partial charge in [-0.25, -0.2) is 0 Å². The zero-order chi connectivity index (χ0) is 17.2. The first-order valence-electron chi connectivity index (χ1n) is 7.34. The van der Waals surface area contributed by atoms with Crippen LogP contribution < -0.4 is 5.32 Å². The second-order valence-electron chi connectivity index (χ2n) is 5.35. The van der Waals surface area contributed by atoms with Gasteiger partial charge in [-0.3, -0.25) is 4.79 Å². The Hall–Kier alpha value is -2.42. The van der Waals surface area contributed by atoms with E-state index in [4.69, 9.17) is 9.26 Å². The lowest BCUT2D eigenvalue weighted by Crippen LogP contribution is -2.31. The number of nitrogens with zero attached hydrogens (tertiary/aromatic N) is 2. The highest BCUT2D eigenvalue weighted by Gasteiger charge is 2.31. The van der Waals surface area contributed by atoms with Crippen LogP contribution in [0.2, 0.25) is 0 Å². The van der Waals surface area contributed by atoms with Gasteiger partial charge in [0.05, 0.1) is 11.7 Å². The van der Waals surface area contributed by atoms with Gasteiger partial charge in [-0.05, 0) is 25.0 Å². The summed E-state index contributed by atoms with van der Waals surface area (Å²) in [6.45, 7) is 0.987. The molecule has 1 aromatic carbocycles. The van der Waals surface area contributed by atoms with Gasteiger partial charge in [-0.2, -0.15) is 18.2 Å². The third-order valence-corrected chi connectivity index (χ3v) is 3.58. The monoisotopic (exact) mass is 341 g/mol. The number of rotatable bonds is 4. The van der Waals surface area contributed by atoms with Crippen molar-refractivity contribution in [1.29, 1.82) is 0 Å². The molecule has 6 nitrogen and oxygen atoms in total. The van der Waals surface area contributed by atoms with Crippen LogP contribution in [0.3, 0.4) is 0 Å². The largest absolute Gasteiger partial charge is 0.416 e. The molecule has 0 saturated carbocycles. The molecule has 1 saturated heterocycles. The van der Waals surface area contributed by atoms with Gasteiger partial charge in [0.15, 0.2) is 0 Å². The number of hydrogen-bond donors (Lipinski definition) is 1. The second kappa shape index (κ2) is 6.60. The molecule has 0 bridgehead atoms. The minimum atomic E-state index is -4.47. The molecule has 0 radical (unpaired) electrons.